The summed E-state index contributed by atoms with van der Waals surface area (Å²) in [4.78, 5) is 14.0. The molecule has 0 atom stereocenters. The first kappa shape index (κ1) is 8.99. The van der Waals surface area contributed by atoms with Crippen molar-refractivity contribution < 1.29 is 4.84 Å². The summed E-state index contributed by atoms with van der Waals surface area (Å²) in [5, 5.41) is 0. The Balaban J connectivity index is 2.79. The van der Waals surface area contributed by atoms with Gasteiger partial charge in [-0.1, -0.05) is 6.92 Å². The lowest BCUT2D eigenvalue weighted by molar-refractivity contribution is 0.167. The molecule has 0 bridgehead atoms. The predicted octanol–water partition coefficient (Wildman–Crippen LogP) is 1.36. The van der Waals surface area contributed by atoms with Crippen molar-refractivity contribution in [3.05, 3.63) is 23.7 Å². The van der Waals surface area contributed by atoms with Gasteiger partial charge in [-0.05, 0) is 18.6 Å². The van der Waals surface area contributed by atoms with Crippen LogP contribution in [0, 0.1) is 6.92 Å². The number of aryl methyl sites for hydroxylation is 2. The Morgan fingerprint density at radius 3 is 2.93 bits per heavy atom. The van der Waals surface area contributed by atoms with Gasteiger partial charge in [0.25, 0.3) is 0 Å². The smallest absolute Gasteiger partial charge is 0.196 e. The molecular formula is C10H13N3O. The monoisotopic (exact) mass is 191 g/mol. The minimum absolute atomic E-state index is 0.796. The fourth-order valence-electron chi connectivity index (χ4n) is 1.53. The van der Waals surface area contributed by atoms with E-state index in [0.29, 0.717) is 0 Å². The van der Waals surface area contributed by atoms with E-state index in [1.165, 1.54) is 0 Å². The quantitative estimate of drug-likeness (QED) is 0.719. The van der Waals surface area contributed by atoms with Crippen LogP contribution >= 0.6 is 0 Å². The minimum atomic E-state index is 0.796. The molecule has 2 aromatic rings. The summed E-state index contributed by atoms with van der Waals surface area (Å²) in [7, 11) is 1.63. The van der Waals surface area contributed by atoms with Crippen LogP contribution in [-0.2, 0) is 6.42 Å². The minimum Gasteiger partial charge on any atom is -0.414 e. The molecule has 4 heteroatoms. The molecule has 2 rings (SSSR count). The summed E-state index contributed by atoms with van der Waals surface area (Å²) in [6, 6.07) is 1.95. The van der Waals surface area contributed by atoms with Crippen molar-refractivity contribution in [1.82, 2.24) is 14.7 Å². The maximum atomic E-state index is 5.24. The van der Waals surface area contributed by atoms with Gasteiger partial charge in [0.15, 0.2) is 5.65 Å². The van der Waals surface area contributed by atoms with Crippen LogP contribution in [0.5, 0.6) is 0 Å². The standard InChI is InChI=1S/C10H13N3O/c1-4-8-12-9-7(2)5-6-11-10(9)13(8)14-3/h5-6H,4H2,1-3H3. The molecule has 0 spiro atoms. The predicted molar refractivity (Wildman–Crippen MR) is 54.1 cm³/mol. The second-order valence-corrected chi connectivity index (χ2v) is 3.16. The number of nitrogens with zero attached hydrogens (tertiary/aromatic N) is 3. The molecule has 0 aromatic carbocycles. The Kier molecular flexibility index (Phi) is 2.11. The lowest BCUT2D eigenvalue weighted by Crippen LogP contribution is -2.09. The highest BCUT2D eigenvalue weighted by atomic mass is 16.6. The zero-order valence-electron chi connectivity index (χ0n) is 8.61. The van der Waals surface area contributed by atoms with E-state index in [2.05, 4.69) is 9.97 Å². The van der Waals surface area contributed by atoms with Crippen LogP contribution in [0.3, 0.4) is 0 Å². The van der Waals surface area contributed by atoms with Crippen LogP contribution in [-0.4, -0.2) is 21.8 Å². The largest absolute Gasteiger partial charge is 0.414 e. The number of fused-ring (bicyclic) bond motifs is 1. The number of aromatic nitrogens is 3. The van der Waals surface area contributed by atoms with Crippen LogP contribution in [0.2, 0.25) is 0 Å². The topological polar surface area (TPSA) is 39.9 Å². The van der Waals surface area contributed by atoms with Crippen LogP contribution in [0.25, 0.3) is 11.2 Å². The van der Waals surface area contributed by atoms with Gasteiger partial charge in [-0.15, -0.1) is 4.73 Å². The van der Waals surface area contributed by atoms with Gasteiger partial charge in [-0.25, -0.2) is 9.97 Å². The van der Waals surface area contributed by atoms with Crippen molar-refractivity contribution in [2.45, 2.75) is 20.3 Å². The SMILES string of the molecule is CCc1nc2c(C)ccnc2n1OC. The van der Waals surface area contributed by atoms with E-state index < -0.39 is 0 Å². The third kappa shape index (κ3) is 1.14. The van der Waals surface area contributed by atoms with Crippen LogP contribution in [0.1, 0.15) is 18.3 Å². The average Bonchev–Trinajstić information content (AvgIpc) is 2.57. The second-order valence-electron chi connectivity index (χ2n) is 3.16. The number of hydrogen-bond donors (Lipinski definition) is 0. The van der Waals surface area contributed by atoms with E-state index in [0.717, 1.165) is 29.0 Å². The zero-order valence-corrected chi connectivity index (χ0v) is 8.61. The first-order chi connectivity index (χ1) is 6.77. The lowest BCUT2D eigenvalue weighted by Gasteiger charge is -2.03. The summed E-state index contributed by atoms with van der Waals surface area (Å²) in [6.07, 6.45) is 2.61. The Hall–Kier alpha value is -1.58. The van der Waals surface area contributed by atoms with Crippen molar-refractivity contribution in [2.75, 3.05) is 7.11 Å². The Bertz CT molecular complexity index is 462. The number of pyridine rings is 1. The van der Waals surface area contributed by atoms with Gasteiger partial charge in [-0.3, -0.25) is 0 Å². The third-order valence-corrected chi connectivity index (χ3v) is 2.27. The van der Waals surface area contributed by atoms with E-state index in [1.54, 1.807) is 18.0 Å². The highest BCUT2D eigenvalue weighted by Gasteiger charge is 2.11. The molecule has 2 aromatic heterocycles. The van der Waals surface area contributed by atoms with Gasteiger partial charge in [0.05, 0.1) is 0 Å². The summed E-state index contributed by atoms with van der Waals surface area (Å²) in [6.45, 7) is 4.07. The summed E-state index contributed by atoms with van der Waals surface area (Å²) in [5.74, 6) is 0.907. The molecule has 2 heterocycles. The van der Waals surface area contributed by atoms with E-state index in [4.69, 9.17) is 4.84 Å². The molecule has 74 valence electrons. The second kappa shape index (κ2) is 3.29. The van der Waals surface area contributed by atoms with E-state index in [1.807, 2.05) is 19.9 Å². The van der Waals surface area contributed by atoms with Crippen LogP contribution in [0.15, 0.2) is 12.3 Å². The van der Waals surface area contributed by atoms with Crippen molar-refractivity contribution in [3.8, 4) is 0 Å². The Morgan fingerprint density at radius 2 is 2.29 bits per heavy atom. The highest BCUT2D eigenvalue weighted by molar-refractivity contribution is 5.74. The molecule has 14 heavy (non-hydrogen) atoms. The molecule has 0 unspecified atom stereocenters. The number of imidazole rings is 1. The first-order valence-corrected chi connectivity index (χ1v) is 4.65. The fourth-order valence-corrected chi connectivity index (χ4v) is 1.53. The molecule has 0 aliphatic rings. The fraction of sp³-hybridized carbons (Fsp3) is 0.400. The molecule has 0 aliphatic heterocycles. The van der Waals surface area contributed by atoms with E-state index in [9.17, 15) is 0 Å². The summed E-state index contributed by atoms with van der Waals surface area (Å²) < 4.78 is 1.68. The van der Waals surface area contributed by atoms with Crippen LogP contribution in [0.4, 0.5) is 0 Å². The van der Waals surface area contributed by atoms with Gasteiger partial charge in [-0.2, -0.15) is 0 Å². The molecule has 0 radical (unpaired) electrons. The molecule has 0 saturated heterocycles. The van der Waals surface area contributed by atoms with Crippen molar-refractivity contribution in [1.29, 1.82) is 0 Å². The van der Waals surface area contributed by atoms with Crippen LogP contribution < -0.4 is 4.84 Å². The molecule has 0 aliphatic carbocycles. The van der Waals surface area contributed by atoms with E-state index >= 15 is 0 Å². The maximum Gasteiger partial charge on any atom is 0.196 e. The summed E-state index contributed by atoms with van der Waals surface area (Å²) in [5.41, 5.74) is 2.84. The molecule has 0 fully saturated rings. The lowest BCUT2D eigenvalue weighted by atomic mass is 10.3. The average molecular weight is 191 g/mol. The molecule has 0 amide bonds. The molecular weight excluding hydrogens is 178 g/mol. The van der Waals surface area contributed by atoms with Gasteiger partial charge in [0.1, 0.15) is 18.5 Å². The Labute approximate surface area is 82.5 Å². The van der Waals surface area contributed by atoms with Gasteiger partial charge < -0.3 is 4.84 Å². The van der Waals surface area contributed by atoms with E-state index in [-0.39, 0.29) is 0 Å². The first-order valence-electron chi connectivity index (χ1n) is 4.65. The van der Waals surface area contributed by atoms with Gasteiger partial charge >= 0.3 is 0 Å². The van der Waals surface area contributed by atoms with Gasteiger partial charge in [0, 0.05) is 12.6 Å². The molecule has 4 nitrogen and oxygen atoms in total. The summed E-state index contributed by atoms with van der Waals surface area (Å²) >= 11 is 0. The third-order valence-electron chi connectivity index (χ3n) is 2.27. The molecule has 0 saturated carbocycles. The van der Waals surface area contributed by atoms with Crippen molar-refractivity contribution >= 4 is 11.2 Å². The van der Waals surface area contributed by atoms with Crippen molar-refractivity contribution in [3.63, 3.8) is 0 Å². The van der Waals surface area contributed by atoms with Crippen molar-refractivity contribution in [2.24, 2.45) is 0 Å². The normalized spacial score (nSPS) is 10.8. The number of rotatable bonds is 2. The zero-order chi connectivity index (χ0) is 10.1. The molecule has 0 N–H and O–H groups in total. The van der Waals surface area contributed by atoms with Gasteiger partial charge in [0.2, 0.25) is 0 Å². The highest BCUT2D eigenvalue weighted by Crippen LogP contribution is 2.16. The Morgan fingerprint density at radius 1 is 1.50 bits per heavy atom. The maximum absolute atomic E-state index is 5.24. The number of hydrogen-bond acceptors (Lipinski definition) is 3.